The highest BCUT2D eigenvalue weighted by atomic mass is 35.5. The molecule has 13 rings (SSSR count). The Labute approximate surface area is 717 Å². The summed E-state index contributed by atoms with van der Waals surface area (Å²) in [5.74, 6) is -19.1. The molecule has 0 aromatic heterocycles. The third-order valence-corrected chi connectivity index (χ3v) is 22.5. The first kappa shape index (κ1) is 94.0. The number of rotatable bonds is 21. The van der Waals surface area contributed by atoms with Crippen molar-refractivity contribution < 1.29 is 146 Å². The molecule has 23 unspecified atom stereocenters. The molecule has 3 fully saturated rings. The fourth-order valence-corrected chi connectivity index (χ4v) is 15.8. The number of primary amides is 1. The van der Waals surface area contributed by atoms with Gasteiger partial charge in [-0.3, -0.25) is 47.9 Å². The molecule has 0 saturated carbocycles. The predicted molar refractivity (Wildman–Crippen MR) is 428 cm³/mol. The molecule has 24 N–H and O–H groups in total. The van der Waals surface area contributed by atoms with E-state index in [-0.39, 0.29) is 42.6 Å². The molecule has 8 heterocycles. The van der Waals surface area contributed by atoms with Crippen molar-refractivity contribution in [3.63, 3.8) is 0 Å². The maximum absolute atomic E-state index is 16.6. The number of carboxylic acids is 1. The highest BCUT2D eigenvalue weighted by molar-refractivity contribution is 6.32. The molecular weight excluding hydrogens is 1680 g/mol. The lowest BCUT2D eigenvalue weighted by Crippen LogP contribution is -2.64. The Hall–Kier alpha value is -10.7. The molecule has 8 aliphatic heterocycles. The fourth-order valence-electron chi connectivity index (χ4n) is 15.3. The molecule has 0 aliphatic carbocycles. The van der Waals surface area contributed by atoms with Crippen molar-refractivity contribution in [2.45, 2.75) is 227 Å². The number of halogens is 2. The van der Waals surface area contributed by atoms with Crippen LogP contribution >= 0.6 is 23.2 Å². The van der Waals surface area contributed by atoms with Gasteiger partial charge in [0.25, 0.3) is 0 Å². The van der Waals surface area contributed by atoms with Gasteiger partial charge in [-0.05, 0) is 138 Å². The van der Waals surface area contributed by atoms with Gasteiger partial charge >= 0.3 is 11.9 Å². The standard InChI is InChI=1S/C81H99Cl2N11O30/c1-30(2)16-42(87-9)70(107)93-60-62(102)34-11-14-46(40(82)18-34)119-48-20-36-21-49(66(48)124-77-67(123-55-27-81(8,86)69(106)32(4)118-55)64(104)63(103)50(121-77)29-116-78(115)79(5,6)25-52(100)89-53(101)28-95)120-47-15-12-35(19-41(47)83)65(122-54-26-80(7,85)68(105)31(3)117-54)61-75(112)92-59(76(113)114)39-22-37(96)23-45(98)56(39)38-17-33(10-13-44(38)97)57(72(109)94-61)91-73(110)58(36)90-71(108)43(24-51(84)99)88-74(60)111/h10-15,17-23,28,30-32,42-43,50,53-55,57-65,67-69,77,87,96-98,101-106H,16,24-27,29,85-86H2,1-9H3,(H2,84,99)(H,88,111)(H,89,100)(H,90,108)(H,91,110)(H,92,112)(H,93,107)(H,94,109)(H,113,114). The third-order valence-electron chi connectivity index (χ3n) is 21.9. The van der Waals surface area contributed by atoms with Gasteiger partial charge in [0.2, 0.25) is 59.3 Å². The van der Waals surface area contributed by atoms with Gasteiger partial charge in [-0.25, -0.2) is 4.79 Å². The number of phenolic OH excluding ortho intramolecular Hbond substituents is 3. The Kier molecular flexibility index (Phi) is 28.8. The van der Waals surface area contributed by atoms with Crippen LogP contribution in [0.1, 0.15) is 146 Å². The summed E-state index contributed by atoms with van der Waals surface area (Å²) in [7, 11) is 1.45. The van der Waals surface area contributed by atoms with Gasteiger partial charge < -0.3 is 153 Å². The number of aromatic hydroxyl groups is 3. The smallest absolute Gasteiger partial charge is 0.330 e. The number of aldehydes is 1. The average Bonchev–Trinajstić information content (AvgIpc) is 0.754. The monoisotopic (exact) mass is 1780 g/mol. The highest BCUT2D eigenvalue weighted by Crippen LogP contribution is 2.51. The first-order chi connectivity index (χ1) is 58.2. The van der Waals surface area contributed by atoms with Gasteiger partial charge in [-0.15, -0.1) is 0 Å². The number of hydrogen-bond donors (Lipinski definition) is 21. The average molecular weight is 1780 g/mol. The molecule has 672 valence electrons. The lowest BCUT2D eigenvalue weighted by atomic mass is 9.86. The van der Waals surface area contributed by atoms with Crippen molar-refractivity contribution >= 4 is 88.7 Å². The second-order valence-electron chi connectivity index (χ2n) is 32.9. The van der Waals surface area contributed by atoms with Crippen LogP contribution in [0.15, 0.2) is 78.9 Å². The van der Waals surface area contributed by atoms with E-state index in [1.54, 1.807) is 13.8 Å². The number of carbonyl (C=O) groups is 11. The molecule has 3 saturated heterocycles. The Morgan fingerprint density at radius 1 is 0.685 bits per heavy atom. The van der Waals surface area contributed by atoms with Gasteiger partial charge in [0.15, 0.2) is 48.7 Å². The number of phenols is 3. The number of carboxylic acid groups (broad SMARTS) is 1. The second-order valence-corrected chi connectivity index (χ2v) is 33.7. The second kappa shape index (κ2) is 38.0. The van der Waals surface area contributed by atoms with E-state index in [2.05, 4.69) is 37.2 Å². The minimum Gasteiger partial charge on any atom is -0.508 e. The lowest BCUT2D eigenvalue weighted by Gasteiger charge is -2.47. The number of likely N-dealkylation sites (N-methyl/N-ethyl adjacent to an activating group) is 1. The van der Waals surface area contributed by atoms with Crippen molar-refractivity contribution in [2.75, 3.05) is 13.7 Å². The summed E-state index contributed by atoms with van der Waals surface area (Å²) in [6, 6.07) is -1.31. The zero-order valence-electron chi connectivity index (χ0n) is 68.2. The number of esters is 1. The van der Waals surface area contributed by atoms with Gasteiger partial charge in [-0.2, -0.15) is 0 Å². The highest BCUT2D eigenvalue weighted by Gasteiger charge is 2.53. The Bertz CT molecular complexity index is 4950. The van der Waals surface area contributed by atoms with Gasteiger partial charge in [0, 0.05) is 53.1 Å². The van der Waals surface area contributed by atoms with Crippen LogP contribution in [-0.4, -0.2) is 239 Å². The lowest BCUT2D eigenvalue weighted by molar-refractivity contribution is -0.333. The number of nitrogens with two attached hydrogens (primary N) is 3. The quantitative estimate of drug-likeness (QED) is 0.0260. The molecule has 124 heavy (non-hydrogen) atoms. The SMILES string of the molecule is CNC(CC(C)C)C(=O)NC1C(=O)NC(CC(N)=O)C(=O)NC2C(=O)NC3C(=O)NC(C(=O)NC(C(=O)O)c4cc(O)cc(O)c4-c4cc3ccc4O)C(OC3CC(C)(N)C(O)C(C)O3)c3ccc(c(Cl)c3)Oc3cc2cc(c3OC2OC(COC(=O)C(C)(C)CC(=O)NC(O)C=O)C(O)C(O)C2OC2CC(C)(N)C(O)C(C)O2)Oc2ccc(cc2Cl)C1O. The van der Waals surface area contributed by atoms with E-state index in [0.717, 1.165) is 66.7 Å². The number of ether oxygens (including phenoxy) is 9. The Morgan fingerprint density at radius 2 is 1.26 bits per heavy atom. The van der Waals surface area contributed by atoms with Crippen LogP contribution < -0.4 is 73.9 Å². The summed E-state index contributed by atoms with van der Waals surface area (Å²) in [4.78, 5) is 159. The van der Waals surface area contributed by atoms with Crippen LogP contribution in [0.2, 0.25) is 10.0 Å². The molecule has 5 aromatic carbocycles. The summed E-state index contributed by atoms with van der Waals surface area (Å²) < 4.78 is 58.1. The number of nitrogens with one attached hydrogen (secondary N) is 8. The molecular formula is C81H99Cl2N11O30. The molecule has 0 radical (unpaired) electrons. The van der Waals surface area contributed by atoms with Crippen LogP contribution in [0.25, 0.3) is 11.1 Å². The maximum atomic E-state index is 16.6. The van der Waals surface area contributed by atoms with E-state index in [1.807, 2.05) is 5.32 Å². The van der Waals surface area contributed by atoms with E-state index in [1.165, 1.54) is 60.7 Å². The minimum absolute atomic E-state index is 0.0133. The summed E-state index contributed by atoms with van der Waals surface area (Å²) in [6.07, 6.45) is -27.2. The largest absolute Gasteiger partial charge is 0.508 e. The van der Waals surface area contributed by atoms with Crippen molar-refractivity contribution in [1.82, 2.24) is 42.5 Å². The predicted octanol–water partition coefficient (Wildman–Crippen LogP) is -0.0556. The van der Waals surface area contributed by atoms with Gasteiger partial charge in [-0.1, -0.05) is 55.2 Å². The minimum atomic E-state index is -2.46. The van der Waals surface area contributed by atoms with Crippen molar-refractivity contribution in [3.05, 3.63) is 117 Å². The first-order valence-electron chi connectivity index (χ1n) is 39.2. The molecule has 5 aromatic rings. The zero-order valence-corrected chi connectivity index (χ0v) is 69.7. The van der Waals surface area contributed by atoms with Crippen LogP contribution in [0, 0.1) is 11.3 Å². The van der Waals surface area contributed by atoms with Crippen molar-refractivity contribution in [2.24, 2.45) is 28.5 Å². The molecule has 8 aliphatic rings. The van der Waals surface area contributed by atoms with Gasteiger partial charge in [0.05, 0.1) is 52.3 Å². The molecule has 23 atom stereocenters. The molecule has 0 spiro atoms. The fraction of sp³-hybridized carbons (Fsp3) is 0.494. The van der Waals surface area contributed by atoms with E-state index in [0.29, 0.717) is 0 Å². The number of carbonyl (C=O) groups excluding carboxylic acids is 10. The van der Waals surface area contributed by atoms with Crippen LogP contribution in [0.3, 0.4) is 0 Å². The maximum Gasteiger partial charge on any atom is 0.330 e. The van der Waals surface area contributed by atoms with Crippen molar-refractivity contribution in [1.29, 1.82) is 0 Å². The van der Waals surface area contributed by atoms with Crippen molar-refractivity contribution in [3.8, 4) is 57.1 Å². The number of amides is 8. The van der Waals surface area contributed by atoms with Crippen LogP contribution in [0.4, 0.5) is 0 Å². The Morgan fingerprint density at radius 3 is 1.83 bits per heavy atom. The summed E-state index contributed by atoms with van der Waals surface area (Å²) in [6.45, 7) is 10.9. The normalized spacial score (nSPS) is 30.2. The summed E-state index contributed by atoms with van der Waals surface area (Å²) in [5, 5.41) is 134. The summed E-state index contributed by atoms with van der Waals surface area (Å²) >= 11 is 14.6. The van der Waals surface area contributed by atoms with Gasteiger partial charge in [0.1, 0.15) is 96.1 Å². The van der Waals surface area contributed by atoms with Crippen LogP contribution in [0.5, 0.6) is 46.0 Å². The number of benzene rings is 5. The molecule has 11 bridgehead atoms. The number of hydrogen-bond acceptors (Lipinski definition) is 32. The Balaban J connectivity index is 1.19. The van der Waals surface area contributed by atoms with E-state index < -0.39 is 307 Å². The van der Waals surface area contributed by atoms with E-state index in [9.17, 15) is 79.8 Å². The van der Waals surface area contributed by atoms with E-state index in [4.69, 9.17) is 83.0 Å². The number of fused-ring (bicyclic) bond motifs is 15. The third kappa shape index (κ3) is 20.9. The molecule has 8 amide bonds. The number of aliphatic hydroxyl groups excluding tert-OH is 6. The summed E-state index contributed by atoms with van der Waals surface area (Å²) in [5.41, 5.74) is 11.2. The van der Waals surface area contributed by atoms with E-state index >= 15 is 24.0 Å². The number of aliphatic hydroxyl groups is 6. The molecule has 41 nitrogen and oxygen atoms in total. The molecule has 43 heteroatoms. The number of aliphatic carboxylic acids is 1. The zero-order chi connectivity index (χ0) is 91.0. The topological polar surface area (TPSA) is 647 Å². The first-order valence-corrected chi connectivity index (χ1v) is 40.0. The van der Waals surface area contributed by atoms with Crippen LogP contribution in [-0.2, 0) is 81.2 Å².